The summed E-state index contributed by atoms with van der Waals surface area (Å²) in [7, 11) is 0. The minimum atomic E-state index is -0.0218. The lowest BCUT2D eigenvalue weighted by atomic mass is 10.2. The predicted molar refractivity (Wildman–Crippen MR) is 70.4 cm³/mol. The van der Waals surface area contributed by atoms with E-state index < -0.39 is 0 Å². The van der Waals surface area contributed by atoms with Gasteiger partial charge in [0.1, 0.15) is 11.6 Å². The maximum atomic E-state index is 12.4. The van der Waals surface area contributed by atoms with Crippen LogP contribution < -0.4 is 5.73 Å². The topological polar surface area (TPSA) is 77.0 Å². The molecule has 2 N–H and O–H groups in total. The lowest BCUT2D eigenvalue weighted by Crippen LogP contribution is -2.38. The number of anilines is 1. The zero-order valence-electron chi connectivity index (χ0n) is 10.7. The second-order valence-corrected chi connectivity index (χ2v) is 4.69. The van der Waals surface area contributed by atoms with Gasteiger partial charge in [0.05, 0.1) is 6.54 Å². The number of carbonyl (C=O) groups excluding carboxylic acids is 1. The molecule has 98 valence electrons. The highest BCUT2D eigenvalue weighted by atomic mass is 16.2. The SMILES string of the molecule is Cc1cc(C(=O)N2CCn3ccnc3C2)cc(N)n1. The van der Waals surface area contributed by atoms with Crippen molar-refractivity contribution in [2.75, 3.05) is 12.3 Å². The Morgan fingerprint density at radius 1 is 1.37 bits per heavy atom. The number of carbonyl (C=O) groups is 1. The van der Waals surface area contributed by atoms with E-state index in [1.165, 1.54) is 0 Å². The molecule has 0 saturated carbocycles. The van der Waals surface area contributed by atoms with Crippen molar-refractivity contribution < 1.29 is 4.79 Å². The second kappa shape index (κ2) is 4.38. The molecule has 0 radical (unpaired) electrons. The monoisotopic (exact) mass is 257 g/mol. The van der Waals surface area contributed by atoms with Crippen LogP contribution in [0.4, 0.5) is 5.82 Å². The molecule has 2 aromatic rings. The number of hydrogen-bond donors (Lipinski definition) is 1. The van der Waals surface area contributed by atoms with Gasteiger partial charge >= 0.3 is 0 Å². The maximum Gasteiger partial charge on any atom is 0.254 e. The summed E-state index contributed by atoms with van der Waals surface area (Å²) in [6.45, 7) is 3.83. The highest BCUT2D eigenvalue weighted by molar-refractivity contribution is 5.95. The number of rotatable bonds is 1. The fourth-order valence-corrected chi connectivity index (χ4v) is 2.35. The van der Waals surface area contributed by atoms with Crippen LogP contribution in [0, 0.1) is 6.92 Å². The highest BCUT2D eigenvalue weighted by Gasteiger charge is 2.22. The summed E-state index contributed by atoms with van der Waals surface area (Å²) in [6, 6.07) is 3.39. The quantitative estimate of drug-likeness (QED) is 0.820. The van der Waals surface area contributed by atoms with E-state index in [9.17, 15) is 4.79 Å². The molecule has 3 heterocycles. The number of nitrogens with zero attached hydrogens (tertiary/aromatic N) is 4. The van der Waals surface area contributed by atoms with Crippen LogP contribution in [0.3, 0.4) is 0 Å². The summed E-state index contributed by atoms with van der Waals surface area (Å²) in [5, 5.41) is 0. The number of nitrogens with two attached hydrogens (primary N) is 1. The summed E-state index contributed by atoms with van der Waals surface area (Å²) in [5.41, 5.74) is 7.03. The molecular formula is C13H15N5O. The summed E-state index contributed by atoms with van der Waals surface area (Å²) in [4.78, 5) is 22.6. The van der Waals surface area contributed by atoms with Gasteiger partial charge in [-0.15, -0.1) is 0 Å². The van der Waals surface area contributed by atoms with Crippen LogP contribution in [0.15, 0.2) is 24.5 Å². The number of nitrogen functional groups attached to an aromatic ring is 1. The van der Waals surface area contributed by atoms with Crippen LogP contribution in [0.5, 0.6) is 0 Å². The molecule has 0 fully saturated rings. The zero-order chi connectivity index (χ0) is 13.4. The van der Waals surface area contributed by atoms with Crippen LogP contribution in [-0.4, -0.2) is 31.9 Å². The van der Waals surface area contributed by atoms with Gasteiger partial charge in [-0.3, -0.25) is 4.79 Å². The fraction of sp³-hybridized carbons (Fsp3) is 0.308. The molecule has 0 spiro atoms. The number of aromatic nitrogens is 3. The largest absolute Gasteiger partial charge is 0.384 e. The van der Waals surface area contributed by atoms with Crippen LogP contribution in [0.2, 0.25) is 0 Å². The lowest BCUT2D eigenvalue weighted by molar-refractivity contribution is 0.0707. The first-order valence-electron chi connectivity index (χ1n) is 6.17. The Kier molecular flexibility index (Phi) is 2.70. The molecule has 0 atom stereocenters. The summed E-state index contributed by atoms with van der Waals surface area (Å²) < 4.78 is 2.07. The summed E-state index contributed by atoms with van der Waals surface area (Å²) in [5.74, 6) is 1.27. The third-order valence-corrected chi connectivity index (χ3v) is 3.25. The number of pyridine rings is 1. The van der Waals surface area contributed by atoms with Crippen LogP contribution in [0.25, 0.3) is 0 Å². The molecule has 0 saturated heterocycles. The Bertz CT molecular complexity index is 613. The third-order valence-electron chi connectivity index (χ3n) is 3.25. The Hall–Kier alpha value is -2.37. The van der Waals surface area contributed by atoms with E-state index in [-0.39, 0.29) is 5.91 Å². The molecule has 0 unspecified atom stereocenters. The van der Waals surface area contributed by atoms with Crippen LogP contribution in [0.1, 0.15) is 21.9 Å². The molecule has 6 nitrogen and oxygen atoms in total. The minimum absolute atomic E-state index is 0.0218. The van der Waals surface area contributed by atoms with Gasteiger partial charge in [0.15, 0.2) is 0 Å². The Labute approximate surface area is 110 Å². The van der Waals surface area contributed by atoms with Crippen molar-refractivity contribution in [3.05, 3.63) is 41.6 Å². The Morgan fingerprint density at radius 2 is 2.21 bits per heavy atom. The Morgan fingerprint density at radius 3 is 3.00 bits per heavy atom. The zero-order valence-corrected chi connectivity index (χ0v) is 10.7. The van der Waals surface area contributed by atoms with Crippen LogP contribution in [-0.2, 0) is 13.1 Å². The lowest BCUT2D eigenvalue weighted by Gasteiger charge is -2.27. The van der Waals surface area contributed by atoms with Crippen molar-refractivity contribution in [3.63, 3.8) is 0 Å². The normalized spacial score (nSPS) is 14.3. The molecule has 0 aromatic carbocycles. The van der Waals surface area contributed by atoms with Gasteiger partial charge in [-0.1, -0.05) is 0 Å². The van der Waals surface area contributed by atoms with Gasteiger partial charge in [0.2, 0.25) is 0 Å². The number of aryl methyl sites for hydroxylation is 1. The molecule has 0 aliphatic carbocycles. The van der Waals surface area contributed by atoms with E-state index in [2.05, 4.69) is 14.5 Å². The van der Waals surface area contributed by atoms with E-state index in [0.717, 1.165) is 18.1 Å². The minimum Gasteiger partial charge on any atom is -0.384 e. The molecule has 3 rings (SSSR count). The van der Waals surface area contributed by atoms with Gasteiger partial charge in [0, 0.05) is 36.7 Å². The van der Waals surface area contributed by atoms with Crippen molar-refractivity contribution in [2.24, 2.45) is 0 Å². The molecule has 6 heteroatoms. The molecule has 1 aliphatic rings. The summed E-state index contributed by atoms with van der Waals surface area (Å²) in [6.07, 6.45) is 3.70. The van der Waals surface area contributed by atoms with E-state index in [4.69, 9.17) is 5.73 Å². The van der Waals surface area contributed by atoms with E-state index in [1.54, 1.807) is 23.2 Å². The first-order valence-corrected chi connectivity index (χ1v) is 6.17. The van der Waals surface area contributed by atoms with E-state index >= 15 is 0 Å². The number of imidazole rings is 1. The first-order chi connectivity index (χ1) is 9.13. The number of amides is 1. The van der Waals surface area contributed by atoms with Gasteiger partial charge in [-0.2, -0.15) is 0 Å². The standard InChI is InChI=1S/C13H15N5O/c1-9-6-10(7-11(14)16-9)13(19)18-5-4-17-3-2-15-12(17)8-18/h2-3,6-7H,4-5,8H2,1H3,(H2,14,16). The average molecular weight is 257 g/mol. The van der Waals surface area contributed by atoms with Crippen molar-refractivity contribution in [1.82, 2.24) is 19.4 Å². The van der Waals surface area contributed by atoms with Crippen molar-refractivity contribution in [3.8, 4) is 0 Å². The van der Waals surface area contributed by atoms with Crippen molar-refractivity contribution in [2.45, 2.75) is 20.0 Å². The van der Waals surface area contributed by atoms with Gasteiger partial charge < -0.3 is 15.2 Å². The maximum absolute atomic E-state index is 12.4. The molecule has 1 aliphatic heterocycles. The fourth-order valence-electron chi connectivity index (χ4n) is 2.35. The molecular weight excluding hydrogens is 242 g/mol. The summed E-state index contributed by atoms with van der Waals surface area (Å²) >= 11 is 0. The number of fused-ring (bicyclic) bond motifs is 1. The van der Waals surface area contributed by atoms with E-state index in [1.807, 2.05) is 13.1 Å². The molecule has 19 heavy (non-hydrogen) atoms. The average Bonchev–Trinajstić information content (AvgIpc) is 2.83. The van der Waals surface area contributed by atoms with Crippen molar-refractivity contribution in [1.29, 1.82) is 0 Å². The van der Waals surface area contributed by atoms with E-state index in [0.29, 0.717) is 24.5 Å². The van der Waals surface area contributed by atoms with Gasteiger partial charge in [-0.05, 0) is 19.1 Å². The highest BCUT2D eigenvalue weighted by Crippen LogP contribution is 2.15. The first kappa shape index (κ1) is 11.7. The molecule has 0 bridgehead atoms. The Balaban J connectivity index is 1.85. The number of hydrogen-bond acceptors (Lipinski definition) is 4. The smallest absolute Gasteiger partial charge is 0.254 e. The third kappa shape index (κ3) is 2.16. The van der Waals surface area contributed by atoms with Gasteiger partial charge in [-0.25, -0.2) is 9.97 Å². The molecule has 2 aromatic heterocycles. The van der Waals surface area contributed by atoms with Crippen LogP contribution >= 0.6 is 0 Å². The van der Waals surface area contributed by atoms with Crippen molar-refractivity contribution >= 4 is 11.7 Å². The molecule has 1 amide bonds. The van der Waals surface area contributed by atoms with Gasteiger partial charge in [0.25, 0.3) is 5.91 Å². The second-order valence-electron chi connectivity index (χ2n) is 4.69. The predicted octanol–water partition coefficient (Wildman–Crippen LogP) is 0.825.